The Morgan fingerprint density at radius 2 is 1.82 bits per heavy atom. The first-order valence-corrected chi connectivity index (χ1v) is 9.83. The monoisotopic (exact) mass is 434 g/mol. The molecule has 1 aromatic heterocycles. The zero-order valence-electron chi connectivity index (χ0n) is 15.8. The number of ether oxygens (including phenoxy) is 1. The fourth-order valence-corrected chi connectivity index (χ4v) is 3.29. The molecule has 0 spiro atoms. The molecule has 0 atom stereocenters. The molecule has 0 N–H and O–H groups in total. The Balaban J connectivity index is 1.97. The lowest BCUT2D eigenvalue weighted by Gasteiger charge is -2.30. The number of thiazole rings is 1. The molecular formula is C19H22ClF3N2O2S. The van der Waals surface area contributed by atoms with Gasteiger partial charge in [0.05, 0.1) is 12.1 Å². The number of rotatable bonds is 7. The standard InChI is InChI=1S/C19H22ClF3N2O2S/c1-18(2,3)11-25(12-19(21,22)23)17(26)8-14-10-28-16(24-14)9-27-15-6-4-13(20)5-7-15/h4-7,10H,8-9,11-12H2,1-3H3. The molecule has 4 nitrogen and oxygen atoms in total. The summed E-state index contributed by atoms with van der Waals surface area (Å²) in [5, 5.41) is 2.90. The molecule has 1 heterocycles. The fourth-order valence-electron chi connectivity index (χ4n) is 2.46. The Morgan fingerprint density at radius 3 is 2.39 bits per heavy atom. The maximum absolute atomic E-state index is 12.8. The van der Waals surface area contributed by atoms with E-state index in [0.717, 1.165) is 4.90 Å². The average Bonchev–Trinajstić information content (AvgIpc) is 2.98. The molecule has 154 valence electrons. The number of nitrogens with zero attached hydrogens (tertiary/aromatic N) is 2. The van der Waals surface area contributed by atoms with Gasteiger partial charge in [0.1, 0.15) is 23.9 Å². The SMILES string of the molecule is CC(C)(C)CN(CC(F)(F)F)C(=O)Cc1csc(COc2ccc(Cl)cc2)n1. The van der Waals surface area contributed by atoms with Crippen molar-refractivity contribution in [1.82, 2.24) is 9.88 Å². The first-order chi connectivity index (χ1) is 12.9. The zero-order chi connectivity index (χ0) is 20.9. The van der Waals surface area contributed by atoms with Gasteiger partial charge in [0.25, 0.3) is 0 Å². The highest BCUT2D eigenvalue weighted by molar-refractivity contribution is 7.09. The summed E-state index contributed by atoms with van der Waals surface area (Å²) in [5.41, 5.74) is -0.00797. The van der Waals surface area contributed by atoms with Crippen LogP contribution in [0.4, 0.5) is 13.2 Å². The van der Waals surface area contributed by atoms with Crippen LogP contribution in [0.25, 0.3) is 0 Å². The number of carbonyl (C=O) groups is 1. The number of halogens is 4. The number of carbonyl (C=O) groups excluding carboxylic acids is 1. The zero-order valence-corrected chi connectivity index (χ0v) is 17.4. The lowest BCUT2D eigenvalue weighted by Crippen LogP contribution is -2.44. The summed E-state index contributed by atoms with van der Waals surface area (Å²) in [5.74, 6) is 0.0291. The van der Waals surface area contributed by atoms with Gasteiger partial charge in [-0.05, 0) is 29.7 Å². The Labute approximate surface area is 171 Å². The van der Waals surface area contributed by atoms with Crippen LogP contribution in [0.1, 0.15) is 31.5 Å². The average molecular weight is 435 g/mol. The van der Waals surface area contributed by atoms with E-state index >= 15 is 0 Å². The van der Waals surface area contributed by atoms with E-state index in [1.165, 1.54) is 11.3 Å². The third-order valence-electron chi connectivity index (χ3n) is 3.50. The molecular weight excluding hydrogens is 413 g/mol. The molecule has 0 bridgehead atoms. The molecule has 1 amide bonds. The Hall–Kier alpha value is -1.80. The van der Waals surface area contributed by atoms with Crippen molar-refractivity contribution in [3.05, 3.63) is 45.4 Å². The highest BCUT2D eigenvalue weighted by Gasteiger charge is 2.34. The van der Waals surface area contributed by atoms with E-state index in [-0.39, 0.29) is 19.6 Å². The molecule has 0 aliphatic rings. The van der Waals surface area contributed by atoms with Gasteiger partial charge >= 0.3 is 6.18 Å². The van der Waals surface area contributed by atoms with E-state index in [2.05, 4.69) is 4.98 Å². The van der Waals surface area contributed by atoms with Gasteiger partial charge in [0.15, 0.2) is 0 Å². The Kier molecular flexibility index (Phi) is 7.33. The first-order valence-electron chi connectivity index (χ1n) is 8.57. The molecule has 0 saturated carbocycles. The summed E-state index contributed by atoms with van der Waals surface area (Å²) < 4.78 is 44.1. The third kappa shape index (κ3) is 8.06. The number of benzene rings is 1. The number of hydrogen-bond donors (Lipinski definition) is 0. The van der Waals surface area contributed by atoms with Crippen LogP contribution < -0.4 is 4.74 Å². The highest BCUT2D eigenvalue weighted by atomic mass is 35.5. The topological polar surface area (TPSA) is 42.4 Å². The summed E-state index contributed by atoms with van der Waals surface area (Å²) >= 11 is 7.11. The van der Waals surface area contributed by atoms with Crippen LogP contribution >= 0.6 is 22.9 Å². The van der Waals surface area contributed by atoms with Crippen molar-refractivity contribution in [2.24, 2.45) is 5.41 Å². The van der Waals surface area contributed by atoms with Crippen molar-refractivity contribution >= 4 is 28.8 Å². The van der Waals surface area contributed by atoms with E-state index in [9.17, 15) is 18.0 Å². The van der Waals surface area contributed by atoms with Crippen LogP contribution in [0.5, 0.6) is 5.75 Å². The Morgan fingerprint density at radius 1 is 1.18 bits per heavy atom. The number of amides is 1. The van der Waals surface area contributed by atoms with Crippen molar-refractivity contribution < 1.29 is 22.7 Å². The summed E-state index contributed by atoms with van der Waals surface area (Å²) in [6, 6.07) is 6.85. The maximum Gasteiger partial charge on any atom is 0.406 e. The maximum atomic E-state index is 12.8. The van der Waals surface area contributed by atoms with Gasteiger partial charge < -0.3 is 9.64 Å². The van der Waals surface area contributed by atoms with Crippen LogP contribution in [-0.2, 0) is 17.8 Å². The number of alkyl halides is 3. The van der Waals surface area contributed by atoms with Crippen molar-refractivity contribution in [3.63, 3.8) is 0 Å². The molecule has 2 rings (SSSR count). The van der Waals surface area contributed by atoms with E-state index in [1.807, 2.05) is 0 Å². The van der Waals surface area contributed by atoms with E-state index in [1.54, 1.807) is 50.4 Å². The molecule has 2 aromatic rings. The van der Waals surface area contributed by atoms with Crippen molar-refractivity contribution in [2.75, 3.05) is 13.1 Å². The van der Waals surface area contributed by atoms with Gasteiger partial charge in [0.2, 0.25) is 5.91 Å². The van der Waals surface area contributed by atoms with Gasteiger partial charge in [-0.2, -0.15) is 13.2 Å². The van der Waals surface area contributed by atoms with Gasteiger partial charge in [-0.25, -0.2) is 4.98 Å². The molecule has 0 saturated heterocycles. The van der Waals surface area contributed by atoms with E-state index < -0.39 is 24.0 Å². The number of aromatic nitrogens is 1. The predicted octanol–water partition coefficient (Wildman–Crippen LogP) is 5.36. The van der Waals surface area contributed by atoms with Gasteiger partial charge in [-0.1, -0.05) is 32.4 Å². The van der Waals surface area contributed by atoms with E-state index in [0.29, 0.717) is 21.5 Å². The van der Waals surface area contributed by atoms with Crippen LogP contribution in [0.2, 0.25) is 5.02 Å². The minimum Gasteiger partial charge on any atom is -0.486 e. The first kappa shape index (κ1) is 22.5. The summed E-state index contributed by atoms with van der Waals surface area (Å²) in [6.07, 6.45) is -4.62. The minimum atomic E-state index is -4.44. The molecule has 0 aliphatic heterocycles. The van der Waals surface area contributed by atoms with Gasteiger partial charge in [-0.15, -0.1) is 11.3 Å². The van der Waals surface area contributed by atoms with Crippen molar-refractivity contribution in [3.8, 4) is 5.75 Å². The number of hydrogen-bond acceptors (Lipinski definition) is 4. The molecule has 0 aliphatic carbocycles. The smallest absolute Gasteiger partial charge is 0.406 e. The second-order valence-electron chi connectivity index (χ2n) is 7.58. The van der Waals surface area contributed by atoms with Crippen molar-refractivity contribution in [2.45, 2.75) is 40.0 Å². The van der Waals surface area contributed by atoms with Crippen LogP contribution in [0.3, 0.4) is 0 Å². The van der Waals surface area contributed by atoms with Crippen LogP contribution in [0.15, 0.2) is 29.6 Å². The predicted molar refractivity (Wildman–Crippen MR) is 104 cm³/mol. The molecule has 28 heavy (non-hydrogen) atoms. The van der Waals surface area contributed by atoms with Crippen molar-refractivity contribution in [1.29, 1.82) is 0 Å². The fraction of sp³-hybridized carbons (Fsp3) is 0.474. The largest absolute Gasteiger partial charge is 0.486 e. The lowest BCUT2D eigenvalue weighted by atomic mass is 9.96. The molecule has 0 unspecified atom stereocenters. The summed E-state index contributed by atoms with van der Waals surface area (Å²) in [6.45, 7) is 4.33. The summed E-state index contributed by atoms with van der Waals surface area (Å²) in [4.78, 5) is 17.6. The second-order valence-corrected chi connectivity index (χ2v) is 8.96. The van der Waals surface area contributed by atoms with Gasteiger partial charge in [0, 0.05) is 16.9 Å². The minimum absolute atomic E-state index is 0.0159. The van der Waals surface area contributed by atoms with Gasteiger partial charge in [-0.3, -0.25) is 4.79 Å². The third-order valence-corrected chi connectivity index (χ3v) is 4.62. The molecule has 0 fully saturated rings. The van der Waals surface area contributed by atoms with Crippen LogP contribution in [-0.4, -0.2) is 35.1 Å². The highest BCUT2D eigenvalue weighted by Crippen LogP contribution is 2.23. The second kappa shape index (κ2) is 9.13. The molecule has 1 aromatic carbocycles. The molecule has 0 radical (unpaired) electrons. The van der Waals surface area contributed by atoms with Crippen LogP contribution in [0, 0.1) is 5.41 Å². The Bertz CT molecular complexity index is 770. The normalized spacial score (nSPS) is 12.1. The lowest BCUT2D eigenvalue weighted by molar-refractivity contribution is -0.163. The van der Waals surface area contributed by atoms with E-state index in [4.69, 9.17) is 16.3 Å². The quantitative estimate of drug-likeness (QED) is 0.589. The molecule has 9 heteroatoms. The summed E-state index contributed by atoms with van der Waals surface area (Å²) in [7, 11) is 0.